The lowest BCUT2D eigenvalue weighted by molar-refractivity contribution is -0.153. The Morgan fingerprint density at radius 2 is 2.13 bits per heavy atom. The van der Waals surface area contributed by atoms with Gasteiger partial charge in [0, 0.05) is 25.1 Å². The zero-order valence-electron chi connectivity index (χ0n) is 12.9. The molecule has 1 saturated heterocycles. The number of hydrogen-bond acceptors (Lipinski definition) is 3. The lowest BCUT2D eigenvalue weighted by Crippen LogP contribution is -2.29. The van der Waals surface area contributed by atoms with Gasteiger partial charge in [-0.15, -0.1) is 0 Å². The first-order valence-corrected chi connectivity index (χ1v) is 7.87. The Hall–Kier alpha value is -1.98. The summed E-state index contributed by atoms with van der Waals surface area (Å²) in [7, 11) is 0. The Morgan fingerprint density at radius 1 is 1.39 bits per heavy atom. The van der Waals surface area contributed by atoms with Crippen molar-refractivity contribution in [1.82, 2.24) is 4.90 Å². The molecule has 124 valence electrons. The van der Waals surface area contributed by atoms with Gasteiger partial charge in [0.05, 0.1) is 5.92 Å². The van der Waals surface area contributed by atoms with E-state index < -0.39 is 29.6 Å². The Labute approximate surface area is 133 Å². The van der Waals surface area contributed by atoms with Gasteiger partial charge in [0.25, 0.3) is 0 Å². The molecule has 2 aliphatic rings. The van der Waals surface area contributed by atoms with Crippen molar-refractivity contribution in [1.29, 1.82) is 0 Å². The zero-order chi connectivity index (χ0) is 16.6. The van der Waals surface area contributed by atoms with Crippen molar-refractivity contribution in [3.05, 3.63) is 35.4 Å². The second-order valence-electron chi connectivity index (χ2n) is 6.39. The molecule has 1 aromatic rings. The lowest BCUT2D eigenvalue weighted by atomic mass is 10.1. The summed E-state index contributed by atoms with van der Waals surface area (Å²) in [5.74, 6) is -1.74. The van der Waals surface area contributed by atoms with Crippen molar-refractivity contribution in [2.24, 2.45) is 11.8 Å². The molecule has 1 amide bonds. The highest BCUT2D eigenvalue weighted by atomic mass is 19.1. The highest BCUT2D eigenvalue weighted by Gasteiger charge is 2.38. The quantitative estimate of drug-likeness (QED) is 0.783. The van der Waals surface area contributed by atoms with Gasteiger partial charge < -0.3 is 9.64 Å². The average Bonchev–Trinajstić information content (AvgIpc) is 3.24. The summed E-state index contributed by atoms with van der Waals surface area (Å²) in [5, 5.41) is 0. The molecule has 1 aliphatic heterocycles. The van der Waals surface area contributed by atoms with Gasteiger partial charge in [-0.3, -0.25) is 9.59 Å². The van der Waals surface area contributed by atoms with Crippen LogP contribution in [0.4, 0.5) is 8.78 Å². The van der Waals surface area contributed by atoms with Crippen molar-refractivity contribution in [2.45, 2.75) is 32.3 Å². The lowest BCUT2D eigenvalue weighted by Gasteiger charge is -2.18. The number of amides is 1. The maximum atomic E-state index is 13.7. The zero-order valence-corrected chi connectivity index (χ0v) is 12.9. The number of halogens is 2. The standard InChI is InChI=1S/C17H19F2NO3/c1-10(14-7-13(18)4-5-15(14)19)23-17(22)12-6-16(21)20(9-12)8-11-2-3-11/h4-5,7,10-12H,2-3,6,8-9H2,1H3/t10-,12-/m0/s1. The molecule has 0 N–H and O–H groups in total. The Kier molecular flexibility index (Phi) is 4.33. The molecule has 0 spiro atoms. The Morgan fingerprint density at radius 3 is 2.83 bits per heavy atom. The molecule has 1 aliphatic carbocycles. The number of carbonyl (C=O) groups is 2. The molecular weight excluding hydrogens is 304 g/mol. The molecule has 1 aromatic carbocycles. The fourth-order valence-electron chi connectivity index (χ4n) is 2.88. The summed E-state index contributed by atoms with van der Waals surface area (Å²) in [6.45, 7) is 2.55. The van der Waals surface area contributed by atoms with E-state index in [9.17, 15) is 18.4 Å². The number of carbonyl (C=O) groups excluding carboxylic acids is 2. The van der Waals surface area contributed by atoms with Crippen LogP contribution in [0.2, 0.25) is 0 Å². The van der Waals surface area contributed by atoms with Gasteiger partial charge >= 0.3 is 5.97 Å². The summed E-state index contributed by atoms with van der Waals surface area (Å²) in [6.07, 6.45) is 1.50. The number of likely N-dealkylation sites (tertiary alicyclic amines) is 1. The molecular formula is C17H19F2NO3. The van der Waals surface area contributed by atoms with Gasteiger partial charge in [-0.05, 0) is 43.9 Å². The number of benzene rings is 1. The SMILES string of the molecule is C[C@H](OC(=O)[C@H]1CC(=O)N(CC2CC2)C1)c1cc(F)ccc1F. The van der Waals surface area contributed by atoms with Gasteiger partial charge in [-0.1, -0.05) is 0 Å². The second-order valence-corrected chi connectivity index (χ2v) is 6.39. The van der Waals surface area contributed by atoms with Crippen LogP contribution in [0.1, 0.15) is 37.9 Å². The van der Waals surface area contributed by atoms with E-state index in [1.807, 2.05) is 0 Å². The number of ether oxygens (including phenoxy) is 1. The minimum absolute atomic E-state index is 0.00231. The van der Waals surface area contributed by atoms with Crippen LogP contribution in [0.25, 0.3) is 0 Å². The maximum absolute atomic E-state index is 13.7. The highest BCUT2D eigenvalue weighted by molar-refractivity contribution is 5.86. The van der Waals surface area contributed by atoms with Crippen molar-refractivity contribution >= 4 is 11.9 Å². The molecule has 3 rings (SSSR count). The normalized spacial score (nSPS) is 22.3. The van der Waals surface area contributed by atoms with Crippen molar-refractivity contribution in [3.8, 4) is 0 Å². The number of rotatable bonds is 5. The molecule has 1 saturated carbocycles. The molecule has 0 bridgehead atoms. The fraction of sp³-hybridized carbons (Fsp3) is 0.529. The molecule has 4 nitrogen and oxygen atoms in total. The smallest absolute Gasteiger partial charge is 0.311 e. The van der Waals surface area contributed by atoms with Gasteiger partial charge in [-0.25, -0.2) is 8.78 Å². The molecule has 0 aromatic heterocycles. The van der Waals surface area contributed by atoms with E-state index in [0.717, 1.165) is 31.0 Å². The van der Waals surface area contributed by atoms with Crippen LogP contribution < -0.4 is 0 Å². The average molecular weight is 323 g/mol. The minimum Gasteiger partial charge on any atom is -0.457 e. The van der Waals surface area contributed by atoms with Crippen LogP contribution in [0.5, 0.6) is 0 Å². The Balaban J connectivity index is 1.60. The van der Waals surface area contributed by atoms with Gasteiger partial charge in [-0.2, -0.15) is 0 Å². The first-order chi connectivity index (χ1) is 10.9. The van der Waals surface area contributed by atoms with E-state index in [4.69, 9.17) is 4.74 Å². The van der Waals surface area contributed by atoms with Crippen molar-refractivity contribution in [3.63, 3.8) is 0 Å². The molecule has 6 heteroatoms. The fourth-order valence-corrected chi connectivity index (χ4v) is 2.88. The van der Waals surface area contributed by atoms with E-state index in [0.29, 0.717) is 19.0 Å². The predicted molar refractivity (Wildman–Crippen MR) is 78.3 cm³/mol. The van der Waals surface area contributed by atoms with E-state index >= 15 is 0 Å². The second kappa shape index (κ2) is 6.26. The summed E-state index contributed by atoms with van der Waals surface area (Å²) >= 11 is 0. The Bertz CT molecular complexity index is 630. The molecule has 2 fully saturated rings. The van der Waals surface area contributed by atoms with E-state index in [1.54, 1.807) is 4.90 Å². The third-order valence-electron chi connectivity index (χ3n) is 4.41. The first kappa shape index (κ1) is 15.9. The number of esters is 1. The van der Waals surface area contributed by atoms with E-state index in [-0.39, 0.29) is 17.9 Å². The van der Waals surface area contributed by atoms with Crippen LogP contribution in [0.15, 0.2) is 18.2 Å². The van der Waals surface area contributed by atoms with Gasteiger partial charge in [0.15, 0.2) is 0 Å². The highest BCUT2D eigenvalue weighted by Crippen LogP contribution is 2.32. The summed E-state index contributed by atoms with van der Waals surface area (Å²) in [4.78, 5) is 25.8. The maximum Gasteiger partial charge on any atom is 0.311 e. The molecule has 23 heavy (non-hydrogen) atoms. The molecule has 2 atom stereocenters. The molecule has 0 unspecified atom stereocenters. The number of hydrogen-bond donors (Lipinski definition) is 0. The predicted octanol–water partition coefficient (Wildman–Crippen LogP) is 2.83. The van der Waals surface area contributed by atoms with E-state index in [1.165, 1.54) is 6.92 Å². The van der Waals surface area contributed by atoms with Crippen LogP contribution in [-0.2, 0) is 14.3 Å². The summed E-state index contributed by atoms with van der Waals surface area (Å²) in [5.41, 5.74) is -0.00231. The molecule has 0 radical (unpaired) electrons. The van der Waals surface area contributed by atoms with Crippen molar-refractivity contribution in [2.75, 3.05) is 13.1 Å². The largest absolute Gasteiger partial charge is 0.457 e. The van der Waals surface area contributed by atoms with Gasteiger partial charge in [0.2, 0.25) is 5.91 Å². The molecule has 1 heterocycles. The third-order valence-corrected chi connectivity index (χ3v) is 4.41. The van der Waals surface area contributed by atoms with Crippen LogP contribution >= 0.6 is 0 Å². The van der Waals surface area contributed by atoms with Crippen molar-refractivity contribution < 1.29 is 23.1 Å². The topological polar surface area (TPSA) is 46.6 Å². The third kappa shape index (κ3) is 3.68. The van der Waals surface area contributed by atoms with Crippen LogP contribution in [0.3, 0.4) is 0 Å². The van der Waals surface area contributed by atoms with Crippen LogP contribution in [0, 0.1) is 23.5 Å². The summed E-state index contributed by atoms with van der Waals surface area (Å²) < 4.78 is 32.2. The first-order valence-electron chi connectivity index (χ1n) is 7.87. The van der Waals surface area contributed by atoms with E-state index in [2.05, 4.69) is 0 Å². The minimum atomic E-state index is -0.897. The monoisotopic (exact) mass is 323 g/mol. The van der Waals surface area contributed by atoms with Crippen LogP contribution in [-0.4, -0.2) is 29.9 Å². The summed E-state index contributed by atoms with van der Waals surface area (Å²) in [6, 6.07) is 3.04. The van der Waals surface area contributed by atoms with Gasteiger partial charge in [0.1, 0.15) is 17.7 Å². The number of nitrogens with zero attached hydrogens (tertiary/aromatic N) is 1.